The van der Waals surface area contributed by atoms with Crippen molar-refractivity contribution in [3.63, 3.8) is 0 Å². The topological polar surface area (TPSA) is 91.7 Å². The van der Waals surface area contributed by atoms with Crippen LogP contribution in [0, 0.1) is 0 Å². The number of carbonyl (C=O) groups is 2. The monoisotopic (exact) mass is 561 g/mol. The number of alkyl halides is 1. The molecular weight excluding hydrogens is 530 g/mol. The van der Waals surface area contributed by atoms with Crippen molar-refractivity contribution in [2.45, 2.75) is 44.1 Å². The standard InChI is InChI=1S/C31H32ClN3O5/c1-39-27-13-23-24(33-17-20-7-4-5-11-34(20)31(23)38)14-28(27)40-12-6-10-29(37)35-18-19(16-32)30-22-9-3-2-8-21(22)26(36)15-25(30)35/h2-3,8-9,13-15,17,19-20,36H,4-7,10-12,16,18H2,1H3/t19?,20-/m0/s1. The molecule has 2 amide bonds. The van der Waals surface area contributed by atoms with Crippen LogP contribution in [0.15, 0.2) is 47.5 Å². The van der Waals surface area contributed by atoms with Crippen LogP contribution >= 0.6 is 11.6 Å². The predicted molar refractivity (Wildman–Crippen MR) is 156 cm³/mol. The number of benzene rings is 3. The molecule has 3 aliphatic rings. The number of methoxy groups -OCH3 is 1. The highest BCUT2D eigenvalue weighted by Crippen LogP contribution is 2.45. The first-order valence-corrected chi connectivity index (χ1v) is 14.3. The number of piperidine rings is 1. The highest BCUT2D eigenvalue weighted by molar-refractivity contribution is 6.19. The van der Waals surface area contributed by atoms with Crippen LogP contribution in [0.4, 0.5) is 11.4 Å². The van der Waals surface area contributed by atoms with Crippen LogP contribution < -0.4 is 14.4 Å². The SMILES string of the molecule is COc1cc2c(cc1OCCCC(=O)N1CC(CCl)c3c1cc(O)c1ccccc31)N=C[C@@H]1CCCCN1C2=O. The van der Waals surface area contributed by atoms with E-state index in [9.17, 15) is 14.7 Å². The number of hydrogen-bond donors (Lipinski definition) is 1. The highest BCUT2D eigenvalue weighted by atomic mass is 35.5. The van der Waals surface area contributed by atoms with Crippen molar-refractivity contribution < 1.29 is 24.2 Å². The first-order valence-electron chi connectivity index (χ1n) is 13.8. The van der Waals surface area contributed by atoms with E-state index in [1.54, 1.807) is 30.2 Å². The molecule has 0 radical (unpaired) electrons. The number of phenolic OH excluding ortho intramolecular Hbond substituents is 1. The highest BCUT2D eigenvalue weighted by Gasteiger charge is 2.34. The molecule has 0 aromatic heterocycles. The van der Waals surface area contributed by atoms with E-state index in [4.69, 9.17) is 21.1 Å². The van der Waals surface area contributed by atoms with E-state index in [1.165, 1.54) is 0 Å². The Morgan fingerprint density at radius 2 is 1.98 bits per heavy atom. The molecule has 9 heteroatoms. The van der Waals surface area contributed by atoms with Crippen molar-refractivity contribution in [2.24, 2.45) is 4.99 Å². The lowest BCUT2D eigenvalue weighted by Crippen LogP contribution is -2.43. The van der Waals surface area contributed by atoms with E-state index in [0.29, 0.717) is 41.6 Å². The van der Waals surface area contributed by atoms with E-state index in [2.05, 4.69) is 4.99 Å². The molecule has 1 unspecified atom stereocenters. The van der Waals surface area contributed by atoms with Gasteiger partial charge in [0.05, 0.1) is 36.7 Å². The van der Waals surface area contributed by atoms with Gasteiger partial charge in [0.25, 0.3) is 5.91 Å². The fourth-order valence-corrected chi connectivity index (χ4v) is 6.37. The van der Waals surface area contributed by atoms with Gasteiger partial charge < -0.3 is 24.4 Å². The number of aliphatic imine (C=N–C) groups is 1. The summed E-state index contributed by atoms with van der Waals surface area (Å²) in [6.45, 7) is 1.50. The van der Waals surface area contributed by atoms with Crippen LogP contribution in [0.3, 0.4) is 0 Å². The van der Waals surface area contributed by atoms with Crippen molar-refractivity contribution in [1.29, 1.82) is 0 Å². The van der Waals surface area contributed by atoms with Gasteiger partial charge in [0.15, 0.2) is 11.5 Å². The zero-order chi connectivity index (χ0) is 27.8. The Hall–Kier alpha value is -3.78. The number of phenols is 1. The molecule has 1 saturated heterocycles. The summed E-state index contributed by atoms with van der Waals surface area (Å²) >= 11 is 6.31. The molecule has 3 aromatic rings. The molecule has 3 aromatic carbocycles. The maximum atomic E-state index is 13.3. The lowest BCUT2D eigenvalue weighted by Gasteiger charge is -2.32. The number of amides is 2. The number of anilines is 1. The molecule has 0 aliphatic carbocycles. The van der Waals surface area contributed by atoms with Crippen molar-refractivity contribution >= 4 is 51.8 Å². The summed E-state index contributed by atoms with van der Waals surface area (Å²) in [4.78, 5) is 34.8. The maximum Gasteiger partial charge on any atom is 0.256 e. The molecule has 0 saturated carbocycles. The normalized spacial score (nSPS) is 19.7. The number of fused-ring (bicyclic) bond motifs is 5. The summed E-state index contributed by atoms with van der Waals surface area (Å²) < 4.78 is 11.6. The second kappa shape index (κ2) is 11.0. The summed E-state index contributed by atoms with van der Waals surface area (Å²) in [5, 5.41) is 12.3. The Kier molecular flexibility index (Phi) is 7.27. The summed E-state index contributed by atoms with van der Waals surface area (Å²) in [6.07, 6.45) is 5.61. The molecule has 8 nitrogen and oxygen atoms in total. The third-order valence-electron chi connectivity index (χ3n) is 8.13. The summed E-state index contributed by atoms with van der Waals surface area (Å²) in [5.74, 6) is 1.40. The van der Waals surface area contributed by atoms with Crippen LogP contribution in [0.5, 0.6) is 17.2 Å². The Morgan fingerprint density at radius 1 is 1.15 bits per heavy atom. The first-order chi connectivity index (χ1) is 19.5. The van der Waals surface area contributed by atoms with Gasteiger partial charge in [0.2, 0.25) is 5.91 Å². The van der Waals surface area contributed by atoms with E-state index in [1.807, 2.05) is 35.4 Å². The zero-order valence-corrected chi connectivity index (χ0v) is 23.2. The van der Waals surface area contributed by atoms with Crippen LogP contribution in [0.25, 0.3) is 10.8 Å². The largest absolute Gasteiger partial charge is 0.507 e. The summed E-state index contributed by atoms with van der Waals surface area (Å²) in [7, 11) is 1.55. The fourth-order valence-electron chi connectivity index (χ4n) is 6.11. The van der Waals surface area contributed by atoms with Crippen LogP contribution in [0.1, 0.15) is 53.9 Å². The average Bonchev–Trinajstić information content (AvgIpc) is 3.30. The lowest BCUT2D eigenvalue weighted by molar-refractivity contribution is -0.118. The van der Waals surface area contributed by atoms with Crippen LogP contribution in [-0.4, -0.2) is 66.8 Å². The van der Waals surface area contributed by atoms with Gasteiger partial charge in [-0.15, -0.1) is 11.6 Å². The second-order valence-electron chi connectivity index (χ2n) is 10.5. The van der Waals surface area contributed by atoms with Crippen molar-refractivity contribution in [1.82, 2.24) is 4.90 Å². The number of hydrogen-bond acceptors (Lipinski definition) is 6. The van der Waals surface area contributed by atoms with E-state index in [-0.39, 0.29) is 42.6 Å². The van der Waals surface area contributed by atoms with Gasteiger partial charge in [-0.2, -0.15) is 0 Å². The molecule has 0 bridgehead atoms. The quantitative estimate of drug-likeness (QED) is 0.291. The second-order valence-corrected chi connectivity index (χ2v) is 10.9. The maximum absolute atomic E-state index is 13.3. The molecular formula is C31H32ClN3O5. The molecule has 3 aliphatic heterocycles. The molecule has 6 rings (SSSR count). The molecule has 208 valence electrons. The third kappa shape index (κ3) is 4.64. The van der Waals surface area contributed by atoms with Gasteiger partial charge in [0.1, 0.15) is 5.75 Å². The molecule has 0 spiro atoms. The Bertz CT molecular complexity index is 1510. The number of aromatic hydroxyl groups is 1. The average molecular weight is 562 g/mol. The Morgan fingerprint density at radius 3 is 2.77 bits per heavy atom. The van der Waals surface area contributed by atoms with E-state index >= 15 is 0 Å². The van der Waals surface area contributed by atoms with E-state index < -0.39 is 0 Å². The van der Waals surface area contributed by atoms with Crippen LogP contribution in [-0.2, 0) is 4.79 Å². The minimum absolute atomic E-state index is 0.00497. The summed E-state index contributed by atoms with van der Waals surface area (Å²) in [6, 6.07) is 12.8. The van der Waals surface area contributed by atoms with E-state index in [0.717, 1.165) is 47.8 Å². The molecule has 2 atom stereocenters. The van der Waals surface area contributed by atoms with Crippen molar-refractivity contribution in [3.8, 4) is 17.2 Å². The van der Waals surface area contributed by atoms with Gasteiger partial charge in [-0.25, -0.2) is 0 Å². The zero-order valence-electron chi connectivity index (χ0n) is 22.4. The molecule has 3 heterocycles. The number of carbonyl (C=O) groups excluding carboxylic acids is 2. The van der Waals surface area contributed by atoms with Gasteiger partial charge in [-0.05, 0) is 42.7 Å². The van der Waals surface area contributed by atoms with Gasteiger partial charge in [-0.3, -0.25) is 14.6 Å². The fraction of sp³-hybridized carbons (Fsp3) is 0.387. The predicted octanol–water partition coefficient (Wildman–Crippen LogP) is 5.79. The number of ether oxygens (including phenoxy) is 2. The molecule has 40 heavy (non-hydrogen) atoms. The minimum atomic E-state index is -0.0482. The third-order valence-corrected chi connectivity index (χ3v) is 8.51. The Balaban J connectivity index is 1.14. The molecule has 1 fully saturated rings. The number of halogens is 1. The smallest absolute Gasteiger partial charge is 0.256 e. The lowest BCUT2D eigenvalue weighted by atomic mass is 9.95. The first kappa shape index (κ1) is 26.4. The van der Waals surface area contributed by atoms with Crippen LogP contribution in [0.2, 0.25) is 0 Å². The minimum Gasteiger partial charge on any atom is -0.507 e. The Labute approximate surface area is 238 Å². The molecule has 1 N–H and O–H groups in total. The van der Waals surface area contributed by atoms with Gasteiger partial charge >= 0.3 is 0 Å². The van der Waals surface area contributed by atoms with Gasteiger partial charge in [0, 0.05) is 55.0 Å². The number of rotatable bonds is 7. The van der Waals surface area contributed by atoms with Crippen molar-refractivity contribution in [2.75, 3.05) is 37.6 Å². The number of nitrogens with zero attached hydrogens (tertiary/aromatic N) is 3. The summed E-state index contributed by atoms with van der Waals surface area (Å²) in [5.41, 5.74) is 2.81. The van der Waals surface area contributed by atoms with Gasteiger partial charge in [-0.1, -0.05) is 24.3 Å². The van der Waals surface area contributed by atoms with Crippen molar-refractivity contribution in [3.05, 3.63) is 53.6 Å².